The molecule has 1 saturated heterocycles. The van der Waals surface area contributed by atoms with Crippen LogP contribution in [-0.4, -0.2) is 55.6 Å². The highest BCUT2D eigenvalue weighted by Crippen LogP contribution is 2.25. The third-order valence-electron chi connectivity index (χ3n) is 5.50. The number of aliphatic hydroxyl groups excluding tert-OH is 1. The topological polar surface area (TPSA) is 72.1 Å². The molecule has 1 N–H and O–H groups in total. The molecule has 1 aliphatic rings. The van der Waals surface area contributed by atoms with Crippen molar-refractivity contribution >= 4 is 11.0 Å². The Balaban J connectivity index is 1.46. The van der Waals surface area contributed by atoms with Gasteiger partial charge in [0.15, 0.2) is 0 Å². The van der Waals surface area contributed by atoms with Crippen molar-refractivity contribution in [2.45, 2.75) is 19.4 Å². The minimum Gasteiger partial charge on any atom is -0.491 e. The molecule has 1 aromatic heterocycles. The Morgan fingerprint density at radius 1 is 1.13 bits per heavy atom. The zero-order valence-electron chi connectivity index (χ0n) is 17.2. The highest BCUT2D eigenvalue weighted by Gasteiger charge is 2.16. The van der Waals surface area contributed by atoms with E-state index in [2.05, 4.69) is 4.90 Å². The fourth-order valence-electron chi connectivity index (χ4n) is 3.80. The molecular weight excluding hydrogens is 382 g/mol. The number of β-amino-alcohol motifs (C(OH)–C–C–N with tert-alkyl or cyclic N) is 1. The second-order valence-corrected chi connectivity index (χ2v) is 7.69. The van der Waals surface area contributed by atoms with Gasteiger partial charge < -0.3 is 19.0 Å². The number of benzene rings is 2. The maximum Gasteiger partial charge on any atom is 0.340 e. The minimum absolute atomic E-state index is 0.179. The Morgan fingerprint density at radius 2 is 1.90 bits per heavy atom. The van der Waals surface area contributed by atoms with Crippen LogP contribution in [0.25, 0.3) is 11.0 Å². The van der Waals surface area contributed by atoms with Crippen molar-refractivity contribution in [2.24, 2.45) is 0 Å². The molecule has 6 nitrogen and oxygen atoms in total. The number of ether oxygens (including phenoxy) is 2. The molecular formula is C24H27NO5. The van der Waals surface area contributed by atoms with Gasteiger partial charge in [-0.3, -0.25) is 4.90 Å². The predicted octanol–water partition coefficient (Wildman–Crippen LogP) is 2.76. The van der Waals surface area contributed by atoms with Crippen LogP contribution in [0.3, 0.4) is 0 Å². The quantitative estimate of drug-likeness (QED) is 0.605. The van der Waals surface area contributed by atoms with Gasteiger partial charge in [0.2, 0.25) is 0 Å². The van der Waals surface area contributed by atoms with Gasteiger partial charge in [-0.1, -0.05) is 30.3 Å². The summed E-state index contributed by atoms with van der Waals surface area (Å²) >= 11 is 0. The summed E-state index contributed by atoms with van der Waals surface area (Å²) in [5, 5.41) is 11.2. The van der Waals surface area contributed by atoms with Crippen molar-refractivity contribution in [3.05, 3.63) is 75.6 Å². The van der Waals surface area contributed by atoms with Crippen LogP contribution < -0.4 is 10.4 Å². The predicted molar refractivity (Wildman–Crippen MR) is 115 cm³/mol. The van der Waals surface area contributed by atoms with Crippen LogP contribution in [0.2, 0.25) is 0 Å². The van der Waals surface area contributed by atoms with E-state index in [0.29, 0.717) is 43.1 Å². The lowest BCUT2D eigenvalue weighted by atomic mass is 10.00. The molecule has 4 rings (SSSR count). The van der Waals surface area contributed by atoms with Gasteiger partial charge in [-0.2, -0.15) is 0 Å². The molecule has 0 aliphatic carbocycles. The monoisotopic (exact) mass is 409 g/mol. The Morgan fingerprint density at radius 3 is 2.67 bits per heavy atom. The van der Waals surface area contributed by atoms with Gasteiger partial charge >= 0.3 is 5.63 Å². The van der Waals surface area contributed by atoms with Gasteiger partial charge in [0.05, 0.1) is 13.2 Å². The fourth-order valence-corrected chi connectivity index (χ4v) is 3.80. The highest BCUT2D eigenvalue weighted by atomic mass is 16.5. The van der Waals surface area contributed by atoms with Crippen molar-refractivity contribution in [3.8, 4) is 5.75 Å². The maximum absolute atomic E-state index is 12.6. The number of rotatable bonds is 7. The van der Waals surface area contributed by atoms with E-state index in [1.54, 1.807) is 6.07 Å². The molecule has 0 bridgehead atoms. The first kappa shape index (κ1) is 20.6. The average Bonchev–Trinajstić information content (AvgIpc) is 2.76. The van der Waals surface area contributed by atoms with Crippen molar-refractivity contribution in [1.29, 1.82) is 0 Å². The van der Waals surface area contributed by atoms with Crippen molar-refractivity contribution < 1.29 is 19.0 Å². The van der Waals surface area contributed by atoms with E-state index in [-0.39, 0.29) is 12.2 Å². The van der Waals surface area contributed by atoms with Gasteiger partial charge in [-0.25, -0.2) is 4.79 Å². The summed E-state index contributed by atoms with van der Waals surface area (Å²) in [6, 6.07) is 15.4. The van der Waals surface area contributed by atoms with Crippen molar-refractivity contribution in [1.82, 2.24) is 4.90 Å². The van der Waals surface area contributed by atoms with E-state index in [4.69, 9.17) is 13.9 Å². The van der Waals surface area contributed by atoms with E-state index in [0.717, 1.165) is 29.6 Å². The van der Waals surface area contributed by atoms with Gasteiger partial charge in [0.1, 0.15) is 24.0 Å². The third kappa shape index (κ3) is 4.90. The van der Waals surface area contributed by atoms with E-state index < -0.39 is 6.10 Å². The molecule has 6 heteroatoms. The lowest BCUT2D eigenvalue weighted by Gasteiger charge is -2.28. The number of hydrogen-bond acceptors (Lipinski definition) is 6. The average molecular weight is 409 g/mol. The second kappa shape index (κ2) is 9.43. The SMILES string of the molecule is Cc1c(Cc2ccccc2)c(=O)oc2cc(OCC(O)CN3CCOCC3)ccc12. The van der Waals surface area contributed by atoms with Crippen LogP contribution in [0.5, 0.6) is 5.75 Å². The molecule has 1 atom stereocenters. The van der Waals surface area contributed by atoms with Crippen LogP contribution in [0, 0.1) is 6.92 Å². The number of morpholine rings is 1. The van der Waals surface area contributed by atoms with E-state index >= 15 is 0 Å². The number of nitrogens with zero attached hydrogens (tertiary/aromatic N) is 1. The molecule has 2 aromatic carbocycles. The zero-order valence-corrected chi connectivity index (χ0v) is 17.2. The lowest BCUT2D eigenvalue weighted by molar-refractivity contribution is 0.00466. The summed E-state index contributed by atoms with van der Waals surface area (Å²) in [4.78, 5) is 14.8. The molecule has 0 amide bonds. The smallest absolute Gasteiger partial charge is 0.340 e. The first-order valence-electron chi connectivity index (χ1n) is 10.3. The minimum atomic E-state index is -0.596. The number of fused-ring (bicyclic) bond motifs is 1. The van der Waals surface area contributed by atoms with Crippen molar-refractivity contribution in [2.75, 3.05) is 39.5 Å². The lowest BCUT2D eigenvalue weighted by Crippen LogP contribution is -2.42. The van der Waals surface area contributed by atoms with Crippen LogP contribution >= 0.6 is 0 Å². The summed E-state index contributed by atoms with van der Waals surface area (Å²) < 4.78 is 16.7. The zero-order chi connectivity index (χ0) is 20.9. The molecule has 3 aromatic rings. The van der Waals surface area contributed by atoms with E-state index in [1.165, 1.54) is 0 Å². The Labute approximate surface area is 175 Å². The van der Waals surface area contributed by atoms with E-state index in [1.807, 2.05) is 49.4 Å². The standard InChI is InChI=1S/C24H27NO5/c1-17-21-8-7-20(29-16-19(26)15-25-9-11-28-12-10-25)14-23(21)30-24(27)22(17)13-18-5-3-2-4-6-18/h2-8,14,19,26H,9-13,15-16H2,1H3. The van der Waals surface area contributed by atoms with Gasteiger partial charge in [-0.15, -0.1) is 0 Å². The number of aryl methyl sites for hydroxylation is 1. The molecule has 30 heavy (non-hydrogen) atoms. The number of hydrogen-bond donors (Lipinski definition) is 1. The first-order chi connectivity index (χ1) is 14.6. The summed E-state index contributed by atoms with van der Waals surface area (Å²) in [6.45, 7) is 5.72. The summed E-state index contributed by atoms with van der Waals surface area (Å²) in [6.07, 6.45) is -0.0579. The van der Waals surface area contributed by atoms with Gasteiger partial charge in [0, 0.05) is 43.1 Å². The van der Waals surface area contributed by atoms with Crippen LogP contribution in [-0.2, 0) is 11.2 Å². The molecule has 1 aliphatic heterocycles. The van der Waals surface area contributed by atoms with Crippen LogP contribution in [0.1, 0.15) is 16.7 Å². The summed E-state index contributed by atoms with van der Waals surface area (Å²) in [5.74, 6) is 0.571. The largest absolute Gasteiger partial charge is 0.491 e. The first-order valence-corrected chi connectivity index (χ1v) is 10.3. The Kier molecular flexibility index (Phi) is 6.47. The normalized spacial score (nSPS) is 15.9. The molecule has 158 valence electrons. The highest BCUT2D eigenvalue weighted by molar-refractivity contribution is 5.82. The summed E-state index contributed by atoms with van der Waals surface area (Å²) in [5.41, 5.74) is 2.83. The fraction of sp³-hybridized carbons (Fsp3) is 0.375. The van der Waals surface area contributed by atoms with Crippen LogP contribution in [0.15, 0.2) is 57.7 Å². The third-order valence-corrected chi connectivity index (χ3v) is 5.50. The molecule has 0 radical (unpaired) electrons. The van der Waals surface area contributed by atoms with Gasteiger partial charge in [0.25, 0.3) is 0 Å². The molecule has 1 unspecified atom stereocenters. The van der Waals surface area contributed by atoms with Gasteiger partial charge in [-0.05, 0) is 30.2 Å². The van der Waals surface area contributed by atoms with Crippen LogP contribution in [0.4, 0.5) is 0 Å². The Hall–Kier alpha value is -2.67. The molecule has 0 spiro atoms. The molecule has 1 fully saturated rings. The Bertz CT molecular complexity index is 1040. The maximum atomic E-state index is 12.6. The van der Waals surface area contributed by atoms with Crippen molar-refractivity contribution in [3.63, 3.8) is 0 Å². The second-order valence-electron chi connectivity index (χ2n) is 7.69. The number of aliphatic hydroxyl groups is 1. The summed E-state index contributed by atoms with van der Waals surface area (Å²) in [7, 11) is 0. The molecule has 0 saturated carbocycles. The van der Waals surface area contributed by atoms with E-state index in [9.17, 15) is 9.90 Å². The molecule has 2 heterocycles.